The Balaban J connectivity index is 1.57. The van der Waals surface area contributed by atoms with Crippen LogP contribution in [0.15, 0.2) is 60.9 Å². The van der Waals surface area contributed by atoms with Gasteiger partial charge in [-0.3, -0.25) is 0 Å². The maximum atomic E-state index is 6.00. The summed E-state index contributed by atoms with van der Waals surface area (Å²) in [7, 11) is 1.65. The Bertz CT molecular complexity index is 824. The second-order valence-electron chi connectivity index (χ2n) is 5.45. The van der Waals surface area contributed by atoms with E-state index in [0.29, 0.717) is 0 Å². The number of hydrogen-bond acceptors (Lipinski definition) is 5. The quantitative estimate of drug-likeness (QED) is 0.652. The molecule has 1 aromatic heterocycles. The Morgan fingerprint density at radius 2 is 1.80 bits per heavy atom. The Morgan fingerprint density at radius 3 is 2.56 bits per heavy atom. The summed E-state index contributed by atoms with van der Waals surface area (Å²) in [5.41, 5.74) is 2.12. The van der Waals surface area contributed by atoms with Crippen molar-refractivity contribution in [3.63, 3.8) is 0 Å². The van der Waals surface area contributed by atoms with Crippen molar-refractivity contribution >= 4 is 28.9 Å². The second kappa shape index (κ2) is 8.35. The summed E-state index contributed by atoms with van der Waals surface area (Å²) in [4.78, 5) is 8.49. The highest BCUT2D eigenvalue weighted by Crippen LogP contribution is 2.19. The monoisotopic (exact) mass is 354 g/mol. The molecule has 0 atom stereocenters. The molecule has 0 unspecified atom stereocenters. The smallest absolute Gasteiger partial charge is 0.135 e. The van der Waals surface area contributed by atoms with E-state index in [-0.39, 0.29) is 0 Å². The van der Waals surface area contributed by atoms with Crippen molar-refractivity contribution in [2.45, 2.75) is 6.42 Å². The molecule has 3 rings (SSSR count). The molecule has 0 aliphatic carbocycles. The third kappa shape index (κ3) is 5.09. The number of methoxy groups -OCH3 is 1. The van der Waals surface area contributed by atoms with E-state index in [9.17, 15) is 0 Å². The zero-order valence-corrected chi connectivity index (χ0v) is 14.6. The van der Waals surface area contributed by atoms with Crippen LogP contribution in [0.1, 0.15) is 5.56 Å². The van der Waals surface area contributed by atoms with Gasteiger partial charge in [0.15, 0.2) is 0 Å². The first-order valence-corrected chi connectivity index (χ1v) is 8.32. The van der Waals surface area contributed by atoms with Crippen LogP contribution in [0, 0.1) is 0 Å². The first-order chi connectivity index (χ1) is 12.2. The molecule has 0 saturated carbocycles. The number of rotatable bonds is 7. The fraction of sp³-hybridized carbons (Fsp3) is 0.158. The number of anilines is 3. The molecule has 0 spiro atoms. The topological polar surface area (TPSA) is 59.1 Å². The van der Waals surface area contributed by atoms with Gasteiger partial charge < -0.3 is 15.4 Å². The third-order valence-electron chi connectivity index (χ3n) is 3.64. The molecular formula is C19H19ClN4O. The van der Waals surface area contributed by atoms with Crippen LogP contribution < -0.4 is 15.4 Å². The normalized spacial score (nSPS) is 10.3. The lowest BCUT2D eigenvalue weighted by molar-refractivity contribution is 0.415. The van der Waals surface area contributed by atoms with Gasteiger partial charge in [-0.25, -0.2) is 9.97 Å². The standard InChI is InChI=1S/C19H19ClN4O/c1-25-17-7-5-16(6-8-17)24-19-12-18(22-13-23-19)21-10-9-14-3-2-4-15(20)11-14/h2-8,11-13H,9-10H2,1H3,(H2,21,22,23,24). The number of nitrogens with zero attached hydrogens (tertiary/aromatic N) is 2. The maximum absolute atomic E-state index is 6.00. The third-order valence-corrected chi connectivity index (χ3v) is 3.87. The molecule has 0 bridgehead atoms. The van der Waals surface area contributed by atoms with Gasteiger partial charge in [-0.15, -0.1) is 0 Å². The predicted octanol–water partition coefficient (Wildman–Crippen LogP) is 4.54. The molecule has 0 aliphatic heterocycles. The fourth-order valence-electron chi connectivity index (χ4n) is 2.37. The summed E-state index contributed by atoms with van der Waals surface area (Å²) >= 11 is 6.00. The number of halogens is 1. The average molecular weight is 355 g/mol. The highest BCUT2D eigenvalue weighted by atomic mass is 35.5. The van der Waals surface area contributed by atoms with Gasteiger partial charge in [0.25, 0.3) is 0 Å². The fourth-order valence-corrected chi connectivity index (χ4v) is 2.58. The van der Waals surface area contributed by atoms with Crippen LogP contribution in [0.25, 0.3) is 0 Å². The molecule has 0 radical (unpaired) electrons. The van der Waals surface area contributed by atoms with E-state index < -0.39 is 0 Å². The molecule has 0 fully saturated rings. The molecular weight excluding hydrogens is 336 g/mol. The highest BCUT2D eigenvalue weighted by Gasteiger charge is 2.01. The van der Waals surface area contributed by atoms with Crippen molar-refractivity contribution in [2.75, 3.05) is 24.3 Å². The highest BCUT2D eigenvalue weighted by molar-refractivity contribution is 6.30. The Hall–Kier alpha value is -2.79. The van der Waals surface area contributed by atoms with E-state index in [1.807, 2.05) is 48.5 Å². The molecule has 0 aliphatic rings. The van der Waals surface area contributed by atoms with Crippen molar-refractivity contribution in [3.05, 3.63) is 71.5 Å². The number of nitrogens with one attached hydrogen (secondary N) is 2. The minimum Gasteiger partial charge on any atom is -0.497 e. The van der Waals surface area contributed by atoms with Gasteiger partial charge in [-0.1, -0.05) is 23.7 Å². The van der Waals surface area contributed by atoms with Gasteiger partial charge in [-0.2, -0.15) is 0 Å². The summed E-state index contributed by atoms with van der Waals surface area (Å²) in [6, 6.07) is 17.4. The average Bonchev–Trinajstić information content (AvgIpc) is 2.63. The lowest BCUT2D eigenvalue weighted by atomic mass is 10.1. The van der Waals surface area contributed by atoms with Crippen molar-refractivity contribution in [3.8, 4) is 5.75 Å². The Morgan fingerprint density at radius 1 is 1.00 bits per heavy atom. The van der Waals surface area contributed by atoms with Crippen LogP contribution in [0.2, 0.25) is 5.02 Å². The zero-order chi connectivity index (χ0) is 17.5. The van der Waals surface area contributed by atoms with Crippen molar-refractivity contribution in [1.29, 1.82) is 0 Å². The summed E-state index contributed by atoms with van der Waals surface area (Å²) in [6.45, 7) is 0.763. The molecule has 2 N–H and O–H groups in total. The van der Waals surface area contributed by atoms with Crippen molar-refractivity contribution in [2.24, 2.45) is 0 Å². The number of ether oxygens (including phenoxy) is 1. The second-order valence-corrected chi connectivity index (χ2v) is 5.89. The van der Waals surface area contributed by atoms with Gasteiger partial charge in [0.05, 0.1) is 7.11 Å². The molecule has 128 valence electrons. The lowest BCUT2D eigenvalue weighted by Gasteiger charge is -2.09. The summed E-state index contributed by atoms with van der Waals surface area (Å²) in [5.74, 6) is 2.31. The van der Waals surface area contributed by atoms with Crippen LogP contribution in [0.5, 0.6) is 5.75 Å². The maximum Gasteiger partial charge on any atom is 0.135 e. The molecule has 0 saturated heterocycles. The zero-order valence-electron chi connectivity index (χ0n) is 13.9. The molecule has 3 aromatic rings. The molecule has 5 nitrogen and oxygen atoms in total. The lowest BCUT2D eigenvalue weighted by Crippen LogP contribution is -2.07. The van der Waals surface area contributed by atoms with Gasteiger partial charge in [-0.05, 0) is 48.4 Å². The largest absolute Gasteiger partial charge is 0.497 e. The predicted molar refractivity (Wildman–Crippen MR) is 102 cm³/mol. The minimum absolute atomic E-state index is 0.727. The van der Waals surface area contributed by atoms with E-state index in [1.54, 1.807) is 7.11 Å². The minimum atomic E-state index is 0.727. The molecule has 25 heavy (non-hydrogen) atoms. The first-order valence-electron chi connectivity index (χ1n) is 7.94. The van der Waals surface area contributed by atoms with Gasteiger partial charge in [0, 0.05) is 23.3 Å². The van der Waals surface area contributed by atoms with E-state index in [0.717, 1.165) is 41.1 Å². The Labute approximate surface area is 152 Å². The molecule has 0 amide bonds. The first kappa shape index (κ1) is 17.0. The number of aromatic nitrogens is 2. The van der Waals surface area contributed by atoms with Crippen LogP contribution >= 0.6 is 11.6 Å². The van der Waals surface area contributed by atoms with Crippen molar-refractivity contribution in [1.82, 2.24) is 9.97 Å². The van der Waals surface area contributed by atoms with Gasteiger partial charge in [0.1, 0.15) is 23.7 Å². The van der Waals surface area contributed by atoms with Gasteiger partial charge >= 0.3 is 0 Å². The molecule has 2 aromatic carbocycles. The van der Waals surface area contributed by atoms with E-state index in [2.05, 4.69) is 26.7 Å². The van der Waals surface area contributed by atoms with E-state index >= 15 is 0 Å². The van der Waals surface area contributed by atoms with Crippen molar-refractivity contribution < 1.29 is 4.74 Å². The van der Waals surface area contributed by atoms with Crippen LogP contribution in [-0.4, -0.2) is 23.6 Å². The summed E-state index contributed by atoms with van der Waals surface area (Å²) in [6.07, 6.45) is 2.40. The van der Waals surface area contributed by atoms with Gasteiger partial charge in [0.2, 0.25) is 0 Å². The SMILES string of the molecule is COc1ccc(Nc2cc(NCCc3cccc(Cl)c3)ncn2)cc1. The summed E-state index contributed by atoms with van der Waals surface area (Å²) < 4.78 is 5.15. The Kier molecular flexibility index (Phi) is 5.69. The summed E-state index contributed by atoms with van der Waals surface area (Å²) in [5, 5.41) is 7.31. The van der Waals surface area contributed by atoms with Crippen LogP contribution in [0.3, 0.4) is 0 Å². The molecule has 1 heterocycles. The van der Waals surface area contributed by atoms with E-state index in [4.69, 9.17) is 16.3 Å². The van der Waals surface area contributed by atoms with Crippen LogP contribution in [0.4, 0.5) is 17.3 Å². The molecule has 6 heteroatoms. The van der Waals surface area contributed by atoms with Crippen LogP contribution in [-0.2, 0) is 6.42 Å². The number of benzene rings is 2. The number of hydrogen-bond donors (Lipinski definition) is 2. The van der Waals surface area contributed by atoms with E-state index in [1.165, 1.54) is 11.9 Å².